The van der Waals surface area contributed by atoms with Gasteiger partial charge in [-0.15, -0.1) is 0 Å². The molecule has 2 aliphatic rings. The molecule has 4 heteroatoms. The second-order valence-corrected chi connectivity index (χ2v) is 6.81. The van der Waals surface area contributed by atoms with Crippen molar-refractivity contribution in [2.75, 3.05) is 20.6 Å². The third-order valence-electron chi connectivity index (χ3n) is 4.51. The molecule has 0 aliphatic heterocycles. The Morgan fingerprint density at radius 2 is 2.32 bits per heavy atom. The first-order chi connectivity index (χ1) is 9.23. The van der Waals surface area contributed by atoms with Crippen LogP contribution in [0.25, 0.3) is 0 Å². The molecule has 2 fully saturated rings. The maximum Gasteiger partial charge on any atom is 0.193 e. The van der Waals surface area contributed by atoms with E-state index in [1.807, 2.05) is 7.05 Å². The number of thiophene rings is 1. The maximum absolute atomic E-state index is 4.41. The van der Waals surface area contributed by atoms with E-state index >= 15 is 0 Å². The molecule has 1 aromatic heterocycles. The second kappa shape index (κ2) is 5.16. The first-order valence-electron chi connectivity index (χ1n) is 7.16. The number of nitrogens with one attached hydrogen (secondary N) is 1. The highest BCUT2D eigenvalue weighted by atomic mass is 32.1. The normalized spacial score (nSPS) is 21.3. The summed E-state index contributed by atoms with van der Waals surface area (Å²) >= 11 is 1.75. The Morgan fingerprint density at radius 1 is 1.53 bits per heavy atom. The highest BCUT2D eigenvalue weighted by Crippen LogP contribution is 2.60. The van der Waals surface area contributed by atoms with E-state index in [1.54, 1.807) is 11.3 Å². The van der Waals surface area contributed by atoms with Crippen LogP contribution in [0.15, 0.2) is 21.8 Å². The molecule has 0 atom stereocenters. The van der Waals surface area contributed by atoms with Gasteiger partial charge in [0.2, 0.25) is 0 Å². The summed E-state index contributed by atoms with van der Waals surface area (Å²) in [6, 6.07) is 2.18. The summed E-state index contributed by atoms with van der Waals surface area (Å²) in [7, 11) is 3.99. The molecule has 2 aliphatic carbocycles. The molecule has 0 unspecified atom stereocenters. The Morgan fingerprint density at radius 3 is 2.84 bits per heavy atom. The molecule has 0 bridgehead atoms. The van der Waals surface area contributed by atoms with Crippen molar-refractivity contribution in [3.63, 3.8) is 0 Å². The van der Waals surface area contributed by atoms with Crippen molar-refractivity contribution in [2.24, 2.45) is 16.3 Å². The molecule has 1 heterocycles. The van der Waals surface area contributed by atoms with E-state index in [1.165, 1.54) is 31.2 Å². The van der Waals surface area contributed by atoms with Crippen molar-refractivity contribution < 1.29 is 0 Å². The van der Waals surface area contributed by atoms with Crippen molar-refractivity contribution in [1.29, 1.82) is 0 Å². The zero-order valence-corrected chi connectivity index (χ0v) is 12.7. The van der Waals surface area contributed by atoms with Crippen molar-refractivity contribution in [3.8, 4) is 0 Å². The molecule has 0 saturated heterocycles. The van der Waals surface area contributed by atoms with Gasteiger partial charge in [-0.3, -0.25) is 4.99 Å². The SMILES string of the molecule is CN=C(NCC1(C2CC2)CC1)N(C)Cc1ccsc1. The molecule has 3 nitrogen and oxygen atoms in total. The third kappa shape index (κ3) is 2.94. The highest BCUT2D eigenvalue weighted by Gasteiger charge is 2.53. The van der Waals surface area contributed by atoms with Crippen LogP contribution in [-0.2, 0) is 6.54 Å². The second-order valence-electron chi connectivity index (χ2n) is 6.03. The number of nitrogens with zero attached hydrogens (tertiary/aromatic N) is 2. The minimum absolute atomic E-state index is 0.624. The molecule has 104 valence electrons. The van der Waals surface area contributed by atoms with Gasteiger partial charge in [-0.05, 0) is 59.4 Å². The summed E-state index contributed by atoms with van der Waals surface area (Å²) in [4.78, 5) is 6.63. The van der Waals surface area contributed by atoms with Gasteiger partial charge in [0.05, 0.1) is 0 Å². The van der Waals surface area contributed by atoms with Gasteiger partial charge in [0.25, 0.3) is 0 Å². The first kappa shape index (κ1) is 13.0. The van der Waals surface area contributed by atoms with Gasteiger partial charge in [0.1, 0.15) is 0 Å². The molecule has 1 aromatic rings. The van der Waals surface area contributed by atoms with Crippen LogP contribution in [0.3, 0.4) is 0 Å². The molecule has 0 amide bonds. The number of hydrogen-bond acceptors (Lipinski definition) is 2. The van der Waals surface area contributed by atoms with E-state index < -0.39 is 0 Å². The van der Waals surface area contributed by atoms with Gasteiger partial charge in [-0.2, -0.15) is 11.3 Å². The van der Waals surface area contributed by atoms with E-state index in [-0.39, 0.29) is 0 Å². The van der Waals surface area contributed by atoms with Crippen LogP contribution < -0.4 is 5.32 Å². The van der Waals surface area contributed by atoms with Gasteiger partial charge < -0.3 is 10.2 Å². The van der Waals surface area contributed by atoms with Crippen molar-refractivity contribution in [2.45, 2.75) is 32.2 Å². The first-order valence-corrected chi connectivity index (χ1v) is 8.11. The lowest BCUT2D eigenvalue weighted by Gasteiger charge is -2.24. The van der Waals surface area contributed by atoms with Crippen LogP contribution >= 0.6 is 11.3 Å². The van der Waals surface area contributed by atoms with Crippen LogP contribution in [0.2, 0.25) is 0 Å². The third-order valence-corrected chi connectivity index (χ3v) is 5.24. The summed E-state index contributed by atoms with van der Waals surface area (Å²) in [5, 5.41) is 7.92. The molecular formula is C15H23N3S. The van der Waals surface area contributed by atoms with Crippen LogP contribution in [0.1, 0.15) is 31.2 Å². The minimum Gasteiger partial charge on any atom is -0.356 e. The lowest BCUT2D eigenvalue weighted by molar-refractivity contribution is 0.410. The van der Waals surface area contributed by atoms with Crippen molar-refractivity contribution in [3.05, 3.63) is 22.4 Å². The van der Waals surface area contributed by atoms with E-state index in [0.717, 1.165) is 25.0 Å². The van der Waals surface area contributed by atoms with Crippen molar-refractivity contribution in [1.82, 2.24) is 10.2 Å². The van der Waals surface area contributed by atoms with Crippen molar-refractivity contribution >= 4 is 17.3 Å². The van der Waals surface area contributed by atoms with E-state index in [4.69, 9.17) is 0 Å². The molecule has 0 spiro atoms. The number of hydrogen-bond donors (Lipinski definition) is 1. The Kier molecular flexibility index (Phi) is 3.52. The largest absolute Gasteiger partial charge is 0.356 e. The van der Waals surface area contributed by atoms with Gasteiger partial charge in [-0.1, -0.05) is 0 Å². The highest BCUT2D eigenvalue weighted by molar-refractivity contribution is 7.07. The smallest absolute Gasteiger partial charge is 0.193 e. The van der Waals surface area contributed by atoms with Crippen LogP contribution in [0.5, 0.6) is 0 Å². The quantitative estimate of drug-likeness (QED) is 0.662. The monoisotopic (exact) mass is 277 g/mol. The summed E-state index contributed by atoms with van der Waals surface area (Å²) in [6.45, 7) is 2.04. The molecular weight excluding hydrogens is 254 g/mol. The Bertz CT molecular complexity index is 444. The molecule has 0 aromatic carbocycles. The Labute approximate surface area is 119 Å². The topological polar surface area (TPSA) is 27.6 Å². The average molecular weight is 277 g/mol. The Balaban J connectivity index is 1.52. The fraction of sp³-hybridized carbons (Fsp3) is 0.667. The predicted molar refractivity (Wildman–Crippen MR) is 81.5 cm³/mol. The average Bonchev–Trinajstić information content (AvgIpc) is 3.30. The molecule has 3 rings (SSSR count). The van der Waals surface area contributed by atoms with Gasteiger partial charge in [-0.25, -0.2) is 0 Å². The summed E-state index contributed by atoms with van der Waals surface area (Å²) < 4.78 is 0. The number of guanidine groups is 1. The van der Waals surface area contributed by atoms with E-state index in [0.29, 0.717) is 5.41 Å². The van der Waals surface area contributed by atoms with Gasteiger partial charge >= 0.3 is 0 Å². The zero-order chi connectivity index (χ0) is 13.3. The maximum atomic E-state index is 4.41. The Hall–Kier alpha value is -1.03. The fourth-order valence-electron chi connectivity index (χ4n) is 2.96. The molecule has 1 N–H and O–H groups in total. The fourth-order valence-corrected chi connectivity index (χ4v) is 3.62. The van der Waals surface area contributed by atoms with Crippen LogP contribution in [-0.4, -0.2) is 31.5 Å². The van der Waals surface area contributed by atoms with Gasteiger partial charge in [0.15, 0.2) is 5.96 Å². The van der Waals surface area contributed by atoms with E-state index in [9.17, 15) is 0 Å². The molecule has 0 radical (unpaired) electrons. The zero-order valence-electron chi connectivity index (χ0n) is 11.9. The summed E-state index contributed by atoms with van der Waals surface area (Å²) in [5.74, 6) is 2.03. The number of rotatable bonds is 5. The van der Waals surface area contributed by atoms with Crippen LogP contribution in [0, 0.1) is 11.3 Å². The van der Waals surface area contributed by atoms with Gasteiger partial charge in [0, 0.05) is 27.2 Å². The molecule has 2 saturated carbocycles. The lowest BCUT2D eigenvalue weighted by atomic mass is 10.0. The molecule has 19 heavy (non-hydrogen) atoms. The van der Waals surface area contributed by atoms with Crippen LogP contribution in [0.4, 0.5) is 0 Å². The lowest BCUT2D eigenvalue weighted by Crippen LogP contribution is -2.41. The summed E-state index contributed by atoms with van der Waals surface area (Å²) in [5.41, 5.74) is 1.98. The minimum atomic E-state index is 0.624. The van der Waals surface area contributed by atoms with E-state index in [2.05, 4.69) is 39.1 Å². The summed E-state index contributed by atoms with van der Waals surface area (Å²) in [6.07, 6.45) is 5.72. The number of aliphatic imine (C=N–C) groups is 1. The standard InChI is InChI=1S/C15H23N3S/c1-16-14(18(2)9-12-5-8-19-10-12)17-11-15(6-7-15)13-3-4-13/h5,8,10,13H,3-4,6-7,9,11H2,1-2H3,(H,16,17). The predicted octanol–water partition coefficient (Wildman–Crippen LogP) is 2.95.